The Morgan fingerprint density at radius 3 is 1.03 bits per heavy atom. The van der Waals surface area contributed by atoms with Gasteiger partial charge >= 0.3 is 0 Å². The summed E-state index contributed by atoms with van der Waals surface area (Å²) in [5, 5.41) is 59.9. The molecule has 8 aromatic heterocycles. The summed E-state index contributed by atoms with van der Waals surface area (Å²) in [6.07, 6.45) is -6.92. The Morgan fingerprint density at radius 1 is 0.408 bits per heavy atom. The van der Waals surface area contributed by atoms with E-state index in [1.165, 1.54) is 35.2 Å². The maximum atomic E-state index is 12.5. The lowest BCUT2D eigenvalue weighted by molar-refractivity contribution is -0.0785. The van der Waals surface area contributed by atoms with E-state index in [-0.39, 0.29) is 88.2 Å². The normalized spacial score (nSPS) is 27.6. The number of H-pyrrole nitrogens is 4. The number of nitrogens with one attached hydrogen (secondary N) is 4. The summed E-state index contributed by atoms with van der Waals surface area (Å²) in [5.41, 5.74) is 27.5. The zero-order valence-electron chi connectivity index (χ0n) is 72.1. The van der Waals surface area contributed by atoms with Gasteiger partial charge in [-0.15, -0.1) is 0 Å². The van der Waals surface area contributed by atoms with E-state index >= 15 is 0 Å². The van der Waals surface area contributed by atoms with Gasteiger partial charge in [-0.05, 0) is 55.7 Å². The number of aliphatic hydroxyl groups excluding tert-OH is 6. The van der Waals surface area contributed by atoms with Gasteiger partial charge in [-0.3, -0.25) is 57.4 Å². The zero-order valence-corrected chi connectivity index (χ0v) is 76.1. The molecule has 14 rings (SSSR count). The molecule has 16 atom stereocenters. The third-order valence-corrected chi connectivity index (χ3v) is 51.7. The number of aromatic amines is 4. The van der Waals surface area contributed by atoms with E-state index in [1.807, 2.05) is 13.8 Å². The smallest absolute Gasteiger partial charge is 0.280 e. The first kappa shape index (κ1) is 95.0. The Hall–Kier alpha value is -7.25. The molecular weight excluding hydrogens is 1630 g/mol. The van der Waals surface area contributed by atoms with Crippen molar-refractivity contribution >= 4 is 102 Å². The molecule has 0 radical (unpaired) electrons. The summed E-state index contributed by atoms with van der Waals surface area (Å²) in [5.74, 6) is -0.164. The Kier molecular flexibility index (Phi) is 31.1. The fourth-order valence-corrected chi connectivity index (χ4v) is 49.3. The van der Waals surface area contributed by atoms with Gasteiger partial charge < -0.3 is 109 Å². The number of ether oxygens (including phenoxy) is 8. The molecule has 6 saturated heterocycles. The van der Waals surface area contributed by atoms with Gasteiger partial charge in [0.2, 0.25) is 23.8 Å². The number of rotatable bonds is 22. The summed E-state index contributed by atoms with van der Waals surface area (Å²) in [4.78, 5) is 91.0. The fourth-order valence-electron chi connectivity index (χ4n) is 17.6. The van der Waals surface area contributed by atoms with E-state index < -0.39 is 148 Å². The second kappa shape index (κ2) is 39.3. The van der Waals surface area contributed by atoms with Crippen molar-refractivity contribution in [3.63, 3.8) is 0 Å². The van der Waals surface area contributed by atoms with Gasteiger partial charge in [0.15, 0.2) is 103 Å². The van der Waals surface area contributed by atoms with E-state index in [1.54, 1.807) is 22.6 Å². The van der Waals surface area contributed by atoms with E-state index in [4.69, 9.17) is 83.6 Å². The quantitative estimate of drug-likeness (QED) is 0.0338. The highest BCUT2D eigenvalue weighted by atomic mass is 28.4. The molecule has 46 heteroatoms. The molecule has 0 aliphatic carbocycles. The highest BCUT2D eigenvalue weighted by Crippen LogP contribution is 2.54. The highest BCUT2D eigenvalue weighted by Gasteiger charge is 2.63. The van der Waals surface area contributed by atoms with Crippen LogP contribution in [0.4, 0.5) is 23.8 Å². The van der Waals surface area contributed by atoms with Crippen molar-refractivity contribution in [2.75, 3.05) is 90.0 Å². The number of nitrogen functional groups attached to an aromatic ring is 4. The van der Waals surface area contributed by atoms with Crippen molar-refractivity contribution in [3.05, 3.63) is 66.7 Å². The predicted molar refractivity (Wildman–Crippen MR) is 454 cm³/mol. The number of methoxy groups -OCH3 is 2. The SMILES string of the molecule is CC.CC(C)[Si]1(C(C)C)C[Si](C(C)C)(C(C)C)O[C@H]2[C@@H](O)[C@H](n3cnc4c(=O)[nH]c(N)nc43)O[C@@H]2CO1.COCCO[C@@H]1[C@@H]2O[Si](C(C)C)(C(C)C)C[Si](C(C)C)(C(C)C)OC[C@H]2O[C@H]1n1cnc2c(=O)[nH]c(N)nc21.COCCO[C@@H]1[C@H](O)[C@@H](CO)O[C@H]1n1cnc2c(=O)[nH]c(N)nc21.Nc1nc2c(ncn2[C@@H]2O[C@H](CO)[C@@H](O)[C@H]2O)c(=O)[nH]1. The first-order valence-corrected chi connectivity index (χ1v) is 50.2. The van der Waals surface area contributed by atoms with Crippen LogP contribution in [0.5, 0.6) is 0 Å². The van der Waals surface area contributed by atoms with Gasteiger partial charge in [-0.25, -0.2) is 19.9 Å². The van der Waals surface area contributed by atoms with Crippen molar-refractivity contribution in [2.24, 2.45) is 0 Å². The van der Waals surface area contributed by atoms with Crippen LogP contribution < -0.4 is 45.2 Å². The maximum absolute atomic E-state index is 12.5. The second-order valence-electron chi connectivity index (χ2n) is 33.5. The van der Waals surface area contributed by atoms with Crippen molar-refractivity contribution in [3.8, 4) is 0 Å². The first-order chi connectivity index (χ1) is 56.8. The second-order valence-corrected chi connectivity index (χ2v) is 54.3. The highest BCUT2D eigenvalue weighted by molar-refractivity contribution is 6.95. The molecule has 6 aliphatic heterocycles. The lowest BCUT2D eigenvalue weighted by Crippen LogP contribution is -2.63. The largest absolute Gasteiger partial charge is 0.414 e. The van der Waals surface area contributed by atoms with Crippen LogP contribution in [-0.2, 0) is 55.6 Å². The molecule has 6 fully saturated rings. The standard InChI is InChI=1S/C26H47N5O6Si2.C23H41N5O5Si2.C13H19N5O6.C10H13N5O5.C2H6/c1-15(2)38(16(3)4)14-39(17(5)6,18(7)8)37-21-19(12-35-38)36-25(22(21)34-11-10-33-9)31-13-28-20-23(31)29-26(27)30-24(20)32;1-12(2)34(13(3)4)11-35(14(5)6,15(7)8)33-19-16(9-31-34)32-22(18(19)29)28-10-25-17-20(28)26-23(24)27-21(17)30;1-22-2-3-23-9-8(20)6(4-19)24-12(9)18-5-15-7-10(18)16-13(14)17-11(7)21;11-10-13-7-4(8(19)14-10)12-2-15(7)9-6(18)5(17)3(1-16)20-9;1-2/h13,15-19,21-22,25H,10-12,14H2,1-9H3,(H3,27,29,30,32);10,12-16,18-19,22,29H,9,11H2,1-8H3,(H3,24,26,27,30);5-6,8-9,12,19-20H,2-4H2,1H3,(H3,14,16,17,21);2-3,5-6,9,16-18H,1H2,(H3,11,13,14,19);1-2H3/t19-,21-,22-,25-;16-,18-,19-,22-;6-,8-,9-,12-;3-,5-,6-,9-;/m1111./s1. The predicted octanol–water partition coefficient (Wildman–Crippen LogP) is 3.89. The van der Waals surface area contributed by atoms with E-state index in [9.17, 15) is 44.7 Å². The number of hydrogen-bond donors (Lipinski definition) is 14. The Balaban J connectivity index is 0.000000172. The van der Waals surface area contributed by atoms with E-state index in [0.717, 1.165) is 11.3 Å². The average Bonchev–Trinajstić information content (AvgIpc) is 1.43. The third kappa shape index (κ3) is 18.5. The van der Waals surface area contributed by atoms with E-state index in [0.29, 0.717) is 83.0 Å². The van der Waals surface area contributed by atoms with Crippen LogP contribution in [0.3, 0.4) is 0 Å². The molecule has 670 valence electrons. The van der Waals surface area contributed by atoms with Crippen LogP contribution >= 0.6 is 0 Å². The number of nitrogens with two attached hydrogens (primary N) is 4. The lowest BCUT2D eigenvalue weighted by Gasteiger charge is -2.52. The van der Waals surface area contributed by atoms with Crippen LogP contribution in [0.25, 0.3) is 44.7 Å². The molecule has 0 bridgehead atoms. The number of nitrogens with zero attached hydrogens (tertiary/aromatic N) is 12. The van der Waals surface area contributed by atoms with Crippen LogP contribution in [0, 0.1) is 0 Å². The van der Waals surface area contributed by atoms with Gasteiger partial charge in [-0.2, -0.15) is 19.9 Å². The minimum atomic E-state index is -2.41. The zero-order chi connectivity index (χ0) is 88.3. The number of aromatic nitrogens is 16. The van der Waals surface area contributed by atoms with Gasteiger partial charge in [0.05, 0.1) is 78.2 Å². The molecule has 0 amide bonds. The van der Waals surface area contributed by atoms with Crippen molar-refractivity contribution in [2.45, 2.75) is 278 Å². The number of aliphatic hydroxyl groups is 6. The maximum Gasteiger partial charge on any atom is 0.280 e. The van der Waals surface area contributed by atoms with Gasteiger partial charge in [-0.1, -0.05) is 125 Å². The Labute approximate surface area is 697 Å². The van der Waals surface area contributed by atoms with Crippen LogP contribution in [0.2, 0.25) is 55.7 Å². The topological polar surface area (TPSA) is 590 Å². The molecule has 14 heterocycles. The van der Waals surface area contributed by atoms with E-state index in [2.05, 4.69) is 171 Å². The summed E-state index contributed by atoms with van der Waals surface area (Å²) in [6, 6.07) is 0. The molecule has 0 saturated carbocycles. The molecule has 0 spiro atoms. The molecular formula is C74H126N20O22Si4. The average molecular weight is 1760 g/mol. The molecule has 6 aliphatic rings. The summed E-state index contributed by atoms with van der Waals surface area (Å²) in [6.45, 7) is 41.9. The van der Waals surface area contributed by atoms with Crippen LogP contribution in [-0.4, -0.2) is 282 Å². The molecule has 18 N–H and O–H groups in total. The fraction of sp³-hybridized carbons (Fsp3) is 0.730. The Bertz CT molecular complexity index is 4930. The van der Waals surface area contributed by atoms with Crippen LogP contribution in [0.15, 0.2) is 44.5 Å². The minimum Gasteiger partial charge on any atom is -0.414 e. The first-order valence-electron chi connectivity index (χ1n) is 41.1. The van der Waals surface area contributed by atoms with Gasteiger partial charge in [0.1, 0.15) is 73.2 Å². The monoisotopic (exact) mass is 1760 g/mol. The Morgan fingerprint density at radius 2 is 0.700 bits per heavy atom. The van der Waals surface area contributed by atoms with Crippen molar-refractivity contribution in [1.29, 1.82) is 0 Å². The van der Waals surface area contributed by atoms with Crippen molar-refractivity contribution < 1.29 is 86.2 Å². The number of hydrogen-bond acceptors (Lipinski definition) is 34. The summed E-state index contributed by atoms with van der Waals surface area (Å²) in [7, 11) is -6.12. The van der Waals surface area contributed by atoms with Crippen LogP contribution in [0.1, 0.15) is 150 Å². The number of fused-ring (bicyclic) bond motifs is 6. The lowest BCUT2D eigenvalue weighted by atomic mass is 10.1. The number of imidazole rings is 4. The summed E-state index contributed by atoms with van der Waals surface area (Å²) >= 11 is 0. The molecule has 0 unspecified atom stereocenters. The molecule has 42 nitrogen and oxygen atoms in total. The van der Waals surface area contributed by atoms with Gasteiger partial charge in [0.25, 0.3) is 22.2 Å². The minimum absolute atomic E-state index is 0.0157. The van der Waals surface area contributed by atoms with Crippen molar-refractivity contribution in [1.82, 2.24) is 78.1 Å². The third-order valence-electron chi connectivity index (χ3n) is 24.4. The van der Waals surface area contributed by atoms with Gasteiger partial charge in [0, 0.05) is 14.2 Å². The molecule has 8 aromatic rings. The molecule has 120 heavy (non-hydrogen) atoms. The number of anilines is 4. The molecule has 0 aromatic carbocycles. The summed E-state index contributed by atoms with van der Waals surface area (Å²) < 4.78 is 81.2.